The first-order chi connectivity index (χ1) is 12.1. The summed E-state index contributed by atoms with van der Waals surface area (Å²) in [6.07, 6.45) is 7.64. The first kappa shape index (κ1) is 21.3. The summed E-state index contributed by atoms with van der Waals surface area (Å²) in [5.41, 5.74) is 1.53. The smallest absolute Gasteiger partial charge is 0.191 e. The third-order valence-electron chi connectivity index (χ3n) is 5.75. The van der Waals surface area contributed by atoms with Crippen LogP contribution in [-0.4, -0.2) is 43.7 Å². The zero-order valence-electron chi connectivity index (χ0n) is 16.4. The van der Waals surface area contributed by atoms with Crippen LogP contribution in [0.4, 0.5) is 5.82 Å². The third kappa shape index (κ3) is 5.72. The average molecular weight is 471 g/mol. The normalized spacial score (nSPS) is 20.6. The van der Waals surface area contributed by atoms with Gasteiger partial charge in [-0.3, -0.25) is 4.99 Å². The Morgan fingerprint density at radius 3 is 2.58 bits per heavy atom. The number of hydrogen-bond donors (Lipinski definition) is 2. The third-order valence-corrected chi connectivity index (χ3v) is 5.75. The SMILES string of the molecule is CN=C(NCC1(C)CCCC1)NC1CCN(c2cccc(C)n2)CC1.I. The number of rotatable bonds is 4. The molecule has 1 aliphatic carbocycles. The summed E-state index contributed by atoms with van der Waals surface area (Å²) in [5, 5.41) is 7.18. The van der Waals surface area contributed by atoms with Crippen molar-refractivity contribution in [2.24, 2.45) is 10.4 Å². The first-order valence-corrected chi connectivity index (χ1v) is 9.74. The van der Waals surface area contributed by atoms with Crippen LogP contribution in [-0.2, 0) is 0 Å². The summed E-state index contributed by atoms with van der Waals surface area (Å²) in [6.45, 7) is 7.57. The Kier molecular flexibility index (Phi) is 7.98. The lowest BCUT2D eigenvalue weighted by Gasteiger charge is -2.34. The number of aryl methyl sites for hydroxylation is 1. The molecule has 3 rings (SSSR count). The van der Waals surface area contributed by atoms with Crippen LogP contribution in [0, 0.1) is 12.3 Å². The molecule has 1 aromatic rings. The van der Waals surface area contributed by atoms with Crippen LogP contribution in [0.15, 0.2) is 23.2 Å². The van der Waals surface area contributed by atoms with Gasteiger partial charge in [0.05, 0.1) is 0 Å². The summed E-state index contributed by atoms with van der Waals surface area (Å²) in [4.78, 5) is 11.5. The minimum atomic E-state index is 0. The fourth-order valence-corrected chi connectivity index (χ4v) is 4.05. The van der Waals surface area contributed by atoms with Crippen LogP contribution >= 0.6 is 24.0 Å². The maximum Gasteiger partial charge on any atom is 0.191 e. The topological polar surface area (TPSA) is 52.6 Å². The Bertz CT molecular complexity index is 590. The zero-order chi connectivity index (χ0) is 17.7. The number of halogens is 1. The highest BCUT2D eigenvalue weighted by molar-refractivity contribution is 14.0. The monoisotopic (exact) mass is 471 g/mol. The quantitative estimate of drug-likeness (QED) is 0.399. The van der Waals surface area contributed by atoms with Crippen molar-refractivity contribution in [1.82, 2.24) is 15.6 Å². The number of piperidine rings is 1. The van der Waals surface area contributed by atoms with Crippen LogP contribution < -0.4 is 15.5 Å². The van der Waals surface area contributed by atoms with E-state index in [1.807, 2.05) is 7.05 Å². The number of aliphatic imine (C=N–C) groups is 1. The lowest BCUT2D eigenvalue weighted by atomic mass is 9.89. The Morgan fingerprint density at radius 1 is 1.27 bits per heavy atom. The number of nitrogens with zero attached hydrogens (tertiary/aromatic N) is 3. The number of aromatic nitrogens is 1. The molecule has 5 nitrogen and oxygen atoms in total. The van der Waals surface area contributed by atoms with Crippen LogP contribution in [0.3, 0.4) is 0 Å². The highest BCUT2D eigenvalue weighted by atomic mass is 127. The highest BCUT2D eigenvalue weighted by Gasteiger charge is 2.29. The minimum absolute atomic E-state index is 0. The summed E-state index contributed by atoms with van der Waals surface area (Å²) in [6, 6.07) is 6.75. The van der Waals surface area contributed by atoms with Crippen LogP contribution in [0.1, 0.15) is 51.1 Å². The number of anilines is 1. The number of guanidine groups is 1. The zero-order valence-corrected chi connectivity index (χ0v) is 18.8. The minimum Gasteiger partial charge on any atom is -0.356 e. The van der Waals surface area contributed by atoms with Crippen molar-refractivity contribution >= 4 is 35.8 Å². The molecule has 1 saturated carbocycles. The van der Waals surface area contributed by atoms with Crippen molar-refractivity contribution in [2.45, 2.75) is 58.4 Å². The molecule has 26 heavy (non-hydrogen) atoms. The molecule has 2 aliphatic rings. The van der Waals surface area contributed by atoms with Crippen molar-refractivity contribution in [3.8, 4) is 0 Å². The molecule has 2 fully saturated rings. The van der Waals surface area contributed by atoms with Crippen molar-refractivity contribution in [1.29, 1.82) is 0 Å². The maximum atomic E-state index is 4.65. The van der Waals surface area contributed by atoms with Crippen molar-refractivity contribution in [3.63, 3.8) is 0 Å². The van der Waals surface area contributed by atoms with E-state index in [1.54, 1.807) is 0 Å². The maximum absolute atomic E-state index is 4.65. The second kappa shape index (κ2) is 9.76. The summed E-state index contributed by atoms with van der Waals surface area (Å²) >= 11 is 0. The molecule has 0 radical (unpaired) electrons. The molecule has 2 N–H and O–H groups in total. The largest absolute Gasteiger partial charge is 0.356 e. The van der Waals surface area contributed by atoms with Gasteiger partial charge in [0, 0.05) is 38.4 Å². The van der Waals surface area contributed by atoms with Gasteiger partial charge in [-0.2, -0.15) is 0 Å². The van der Waals surface area contributed by atoms with E-state index in [2.05, 4.69) is 57.6 Å². The van der Waals surface area contributed by atoms with Crippen molar-refractivity contribution in [3.05, 3.63) is 23.9 Å². The average Bonchev–Trinajstić information content (AvgIpc) is 3.06. The van der Waals surface area contributed by atoms with Crippen LogP contribution in [0.25, 0.3) is 0 Å². The van der Waals surface area contributed by atoms with E-state index in [9.17, 15) is 0 Å². The van der Waals surface area contributed by atoms with E-state index in [0.717, 1.165) is 49.9 Å². The van der Waals surface area contributed by atoms with Crippen molar-refractivity contribution < 1.29 is 0 Å². The fraction of sp³-hybridized carbons (Fsp3) is 0.700. The van der Waals surface area contributed by atoms with Gasteiger partial charge in [0.15, 0.2) is 5.96 Å². The van der Waals surface area contributed by atoms with E-state index >= 15 is 0 Å². The second-order valence-electron chi connectivity index (χ2n) is 7.99. The number of hydrogen-bond acceptors (Lipinski definition) is 3. The van der Waals surface area contributed by atoms with Gasteiger partial charge in [-0.25, -0.2) is 4.98 Å². The van der Waals surface area contributed by atoms with Crippen LogP contribution in [0.2, 0.25) is 0 Å². The van der Waals surface area contributed by atoms with Gasteiger partial charge < -0.3 is 15.5 Å². The summed E-state index contributed by atoms with van der Waals surface area (Å²) in [7, 11) is 1.87. The molecule has 0 bridgehead atoms. The Balaban J connectivity index is 0.00000243. The molecule has 1 saturated heterocycles. The lowest BCUT2D eigenvalue weighted by Crippen LogP contribution is -2.50. The molecule has 0 amide bonds. The summed E-state index contributed by atoms with van der Waals surface area (Å²) < 4.78 is 0. The molecular formula is C20H34IN5. The predicted octanol–water partition coefficient (Wildman–Crippen LogP) is 3.72. The Morgan fingerprint density at radius 2 is 1.96 bits per heavy atom. The molecule has 1 aromatic heterocycles. The molecule has 6 heteroatoms. The molecular weight excluding hydrogens is 437 g/mol. The highest BCUT2D eigenvalue weighted by Crippen LogP contribution is 2.36. The molecule has 0 unspecified atom stereocenters. The van der Waals surface area contributed by atoms with Gasteiger partial charge in [-0.15, -0.1) is 24.0 Å². The van der Waals surface area contributed by atoms with Gasteiger partial charge in [-0.1, -0.05) is 25.8 Å². The molecule has 2 heterocycles. The van der Waals surface area contributed by atoms with E-state index < -0.39 is 0 Å². The van der Waals surface area contributed by atoms with E-state index in [-0.39, 0.29) is 24.0 Å². The van der Waals surface area contributed by atoms with E-state index in [4.69, 9.17) is 0 Å². The number of pyridine rings is 1. The molecule has 1 aliphatic heterocycles. The predicted molar refractivity (Wildman–Crippen MR) is 121 cm³/mol. The van der Waals surface area contributed by atoms with Gasteiger partial charge in [0.2, 0.25) is 0 Å². The molecule has 0 spiro atoms. The van der Waals surface area contributed by atoms with Crippen molar-refractivity contribution in [2.75, 3.05) is 31.6 Å². The lowest BCUT2D eigenvalue weighted by molar-refractivity contribution is 0.332. The van der Waals surface area contributed by atoms with Gasteiger partial charge in [0.1, 0.15) is 5.82 Å². The van der Waals surface area contributed by atoms with E-state index in [1.165, 1.54) is 25.7 Å². The standard InChI is InChI=1S/C20H33N5.HI/c1-16-7-6-8-18(23-16)25-13-9-17(10-14-25)24-19(21-3)22-15-20(2)11-4-5-12-20;/h6-8,17H,4-5,9-15H2,1-3H3,(H2,21,22,24);1H. The molecule has 0 atom stereocenters. The van der Waals surface area contributed by atoms with E-state index in [0.29, 0.717) is 11.5 Å². The van der Waals surface area contributed by atoms with Gasteiger partial charge in [0.25, 0.3) is 0 Å². The summed E-state index contributed by atoms with van der Waals surface area (Å²) in [5.74, 6) is 2.07. The van der Waals surface area contributed by atoms with Gasteiger partial charge >= 0.3 is 0 Å². The molecule has 146 valence electrons. The van der Waals surface area contributed by atoms with Gasteiger partial charge in [-0.05, 0) is 50.2 Å². The second-order valence-corrected chi connectivity index (χ2v) is 7.99. The fourth-order valence-electron chi connectivity index (χ4n) is 4.05. The Hall–Kier alpha value is -1.05. The Labute approximate surface area is 175 Å². The molecule has 0 aromatic carbocycles. The van der Waals surface area contributed by atoms with Crippen LogP contribution in [0.5, 0.6) is 0 Å². The first-order valence-electron chi connectivity index (χ1n) is 9.74. The number of nitrogens with one attached hydrogen (secondary N) is 2.